The van der Waals surface area contributed by atoms with E-state index >= 15 is 0 Å². The van der Waals surface area contributed by atoms with Crippen LogP contribution in [0.1, 0.15) is 12.5 Å². The molecule has 2 N–H and O–H groups in total. The largest absolute Gasteiger partial charge is 0.341 e. The fraction of sp³-hybridized carbons (Fsp3) is 0.462. The van der Waals surface area contributed by atoms with Crippen molar-refractivity contribution in [3.63, 3.8) is 0 Å². The zero-order valence-electron chi connectivity index (χ0n) is 10.2. The Kier molecular flexibility index (Phi) is 3.61. The van der Waals surface area contributed by atoms with Gasteiger partial charge >= 0.3 is 0 Å². The van der Waals surface area contributed by atoms with E-state index < -0.39 is 11.6 Å². The lowest BCUT2D eigenvalue weighted by Gasteiger charge is -2.16. The first-order valence-corrected chi connectivity index (χ1v) is 5.95. The van der Waals surface area contributed by atoms with E-state index in [-0.39, 0.29) is 29.9 Å². The van der Waals surface area contributed by atoms with Crippen LogP contribution in [0, 0.1) is 17.6 Å². The lowest BCUT2D eigenvalue weighted by atomic mass is 10.1. The lowest BCUT2D eigenvalue weighted by molar-refractivity contribution is -0.129. The minimum absolute atomic E-state index is 0.0561. The fourth-order valence-corrected chi connectivity index (χ4v) is 2.16. The minimum Gasteiger partial charge on any atom is -0.341 e. The SMILES string of the molecule is CC1CN(C(=O)Cc2c(F)cccc2F)CC1N. The summed E-state index contributed by atoms with van der Waals surface area (Å²) >= 11 is 0. The van der Waals surface area contributed by atoms with Gasteiger partial charge in [-0.3, -0.25) is 4.79 Å². The molecule has 2 unspecified atom stereocenters. The molecule has 1 amide bonds. The number of carbonyl (C=O) groups is 1. The normalized spacial score (nSPS) is 23.4. The second-order valence-corrected chi connectivity index (χ2v) is 4.82. The van der Waals surface area contributed by atoms with E-state index in [1.54, 1.807) is 4.90 Å². The van der Waals surface area contributed by atoms with Crippen LogP contribution in [-0.4, -0.2) is 29.9 Å². The molecular formula is C13H16F2N2O. The first kappa shape index (κ1) is 13.0. The molecule has 1 saturated heterocycles. The summed E-state index contributed by atoms with van der Waals surface area (Å²) in [6.45, 7) is 2.97. The maximum atomic E-state index is 13.4. The van der Waals surface area contributed by atoms with Crippen molar-refractivity contribution < 1.29 is 13.6 Å². The Labute approximate surface area is 105 Å². The van der Waals surface area contributed by atoms with E-state index in [2.05, 4.69) is 0 Å². The number of hydrogen-bond donors (Lipinski definition) is 1. The predicted molar refractivity (Wildman–Crippen MR) is 63.8 cm³/mol. The van der Waals surface area contributed by atoms with Crippen LogP contribution in [0.4, 0.5) is 8.78 Å². The third kappa shape index (κ3) is 2.51. The molecule has 0 radical (unpaired) electrons. The zero-order chi connectivity index (χ0) is 13.3. The van der Waals surface area contributed by atoms with Crippen LogP contribution in [0.5, 0.6) is 0 Å². The van der Waals surface area contributed by atoms with Gasteiger partial charge in [0.15, 0.2) is 0 Å². The van der Waals surface area contributed by atoms with Crippen molar-refractivity contribution in [3.8, 4) is 0 Å². The first-order valence-electron chi connectivity index (χ1n) is 5.95. The van der Waals surface area contributed by atoms with Crippen molar-refractivity contribution in [2.75, 3.05) is 13.1 Å². The number of carbonyl (C=O) groups excluding carboxylic acids is 1. The molecule has 1 aromatic carbocycles. The van der Waals surface area contributed by atoms with E-state index in [0.29, 0.717) is 13.1 Å². The Hall–Kier alpha value is -1.49. The average Bonchev–Trinajstić information content (AvgIpc) is 2.64. The number of amides is 1. The summed E-state index contributed by atoms with van der Waals surface area (Å²) in [6.07, 6.45) is -0.252. The van der Waals surface area contributed by atoms with E-state index in [9.17, 15) is 13.6 Å². The standard InChI is InChI=1S/C13H16F2N2O/c1-8-6-17(7-12(8)16)13(18)5-9-10(14)3-2-4-11(9)15/h2-4,8,12H,5-7,16H2,1H3. The molecule has 5 heteroatoms. The summed E-state index contributed by atoms with van der Waals surface area (Å²) in [4.78, 5) is 13.5. The number of likely N-dealkylation sites (tertiary alicyclic amines) is 1. The quantitative estimate of drug-likeness (QED) is 0.865. The highest BCUT2D eigenvalue weighted by Crippen LogP contribution is 2.18. The molecule has 2 rings (SSSR count). The molecule has 1 aromatic rings. The van der Waals surface area contributed by atoms with Crippen LogP contribution in [0.15, 0.2) is 18.2 Å². The second-order valence-electron chi connectivity index (χ2n) is 4.82. The maximum absolute atomic E-state index is 13.4. The topological polar surface area (TPSA) is 46.3 Å². The second kappa shape index (κ2) is 5.02. The van der Waals surface area contributed by atoms with Gasteiger partial charge in [0.2, 0.25) is 5.91 Å². The summed E-state index contributed by atoms with van der Waals surface area (Å²) in [5.74, 6) is -1.42. The van der Waals surface area contributed by atoms with Gasteiger partial charge in [-0.05, 0) is 18.1 Å². The van der Waals surface area contributed by atoms with Gasteiger partial charge in [-0.15, -0.1) is 0 Å². The van der Waals surface area contributed by atoms with E-state index in [1.165, 1.54) is 6.07 Å². The Balaban J connectivity index is 2.08. The molecule has 1 heterocycles. The van der Waals surface area contributed by atoms with Crippen LogP contribution in [0.2, 0.25) is 0 Å². The smallest absolute Gasteiger partial charge is 0.227 e. The maximum Gasteiger partial charge on any atom is 0.227 e. The molecule has 0 aliphatic carbocycles. The van der Waals surface area contributed by atoms with Crippen LogP contribution < -0.4 is 5.73 Å². The molecule has 1 aliphatic heterocycles. The monoisotopic (exact) mass is 254 g/mol. The van der Waals surface area contributed by atoms with Gasteiger partial charge in [-0.2, -0.15) is 0 Å². The molecule has 2 atom stereocenters. The van der Waals surface area contributed by atoms with Crippen LogP contribution in [0.25, 0.3) is 0 Å². The van der Waals surface area contributed by atoms with E-state index in [0.717, 1.165) is 12.1 Å². The predicted octanol–water partition coefficient (Wildman–Crippen LogP) is 1.31. The molecule has 0 saturated carbocycles. The molecule has 0 spiro atoms. The minimum atomic E-state index is -0.681. The molecule has 18 heavy (non-hydrogen) atoms. The van der Waals surface area contributed by atoms with E-state index in [4.69, 9.17) is 5.73 Å². The van der Waals surface area contributed by atoms with E-state index in [1.807, 2.05) is 6.92 Å². The third-order valence-electron chi connectivity index (χ3n) is 3.41. The van der Waals surface area contributed by atoms with Crippen molar-refractivity contribution in [2.24, 2.45) is 11.7 Å². The van der Waals surface area contributed by atoms with Gasteiger partial charge < -0.3 is 10.6 Å². The van der Waals surface area contributed by atoms with Gasteiger partial charge in [0.25, 0.3) is 0 Å². The Morgan fingerprint density at radius 3 is 2.50 bits per heavy atom. The molecule has 1 fully saturated rings. The Bertz CT molecular complexity index is 434. The van der Waals surface area contributed by atoms with Crippen molar-refractivity contribution in [2.45, 2.75) is 19.4 Å². The summed E-state index contributed by atoms with van der Waals surface area (Å²) in [6, 6.07) is 3.54. The van der Waals surface area contributed by atoms with Crippen molar-refractivity contribution in [1.82, 2.24) is 4.90 Å². The van der Waals surface area contributed by atoms with Gasteiger partial charge in [-0.25, -0.2) is 8.78 Å². The molecule has 0 bridgehead atoms. The molecule has 98 valence electrons. The summed E-state index contributed by atoms with van der Waals surface area (Å²) in [5, 5.41) is 0. The van der Waals surface area contributed by atoms with Crippen LogP contribution in [0.3, 0.4) is 0 Å². The number of nitrogens with zero attached hydrogens (tertiary/aromatic N) is 1. The highest BCUT2D eigenvalue weighted by atomic mass is 19.1. The van der Waals surface area contributed by atoms with Crippen molar-refractivity contribution in [1.29, 1.82) is 0 Å². The third-order valence-corrected chi connectivity index (χ3v) is 3.41. The highest BCUT2D eigenvalue weighted by Gasteiger charge is 2.30. The molecular weight excluding hydrogens is 238 g/mol. The molecule has 0 aromatic heterocycles. The fourth-order valence-electron chi connectivity index (χ4n) is 2.16. The van der Waals surface area contributed by atoms with Crippen molar-refractivity contribution >= 4 is 5.91 Å². The average molecular weight is 254 g/mol. The zero-order valence-corrected chi connectivity index (χ0v) is 10.2. The summed E-state index contributed by atoms with van der Waals surface area (Å²) in [7, 11) is 0. The Morgan fingerprint density at radius 2 is 2.00 bits per heavy atom. The molecule has 3 nitrogen and oxygen atoms in total. The summed E-state index contributed by atoms with van der Waals surface area (Å²) in [5.41, 5.74) is 5.65. The number of halogens is 2. The number of rotatable bonds is 2. The van der Waals surface area contributed by atoms with Gasteiger partial charge in [-0.1, -0.05) is 13.0 Å². The Morgan fingerprint density at radius 1 is 1.39 bits per heavy atom. The van der Waals surface area contributed by atoms with Crippen LogP contribution in [-0.2, 0) is 11.2 Å². The van der Waals surface area contributed by atoms with Gasteiger partial charge in [0, 0.05) is 24.7 Å². The first-order chi connectivity index (χ1) is 8.49. The number of nitrogens with two attached hydrogens (primary N) is 1. The molecule has 1 aliphatic rings. The number of benzene rings is 1. The van der Waals surface area contributed by atoms with Crippen molar-refractivity contribution in [3.05, 3.63) is 35.4 Å². The van der Waals surface area contributed by atoms with Crippen LogP contribution >= 0.6 is 0 Å². The van der Waals surface area contributed by atoms with Gasteiger partial charge in [0.1, 0.15) is 11.6 Å². The lowest BCUT2D eigenvalue weighted by Crippen LogP contribution is -2.33. The summed E-state index contributed by atoms with van der Waals surface area (Å²) < 4.78 is 26.8. The van der Waals surface area contributed by atoms with Gasteiger partial charge in [0.05, 0.1) is 6.42 Å². The highest BCUT2D eigenvalue weighted by molar-refractivity contribution is 5.79. The number of hydrogen-bond acceptors (Lipinski definition) is 2.